The number of thiazole rings is 1. The summed E-state index contributed by atoms with van der Waals surface area (Å²) in [4.78, 5) is 4.47. The normalized spacial score (nSPS) is 25.6. The maximum absolute atomic E-state index is 4.47. The van der Waals surface area contributed by atoms with Gasteiger partial charge in [0.2, 0.25) is 0 Å². The summed E-state index contributed by atoms with van der Waals surface area (Å²) in [6.07, 6.45) is 8.20. The van der Waals surface area contributed by atoms with Crippen molar-refractivity contribution >= 4 is 16.5 Å². The van der Waals surface area contributed by atoms with E-state index < -0.39 is 0 Å². The predicted molar refractivity (Wildman–Crippen MR) is 71.1 cm³/mol. The summed E-state index contributed by atoms with van der Waals surface area (Å²) in [5.74, 6) is 0.987. The van der Waals surface area contributed by atoms with E-state index >= 15 is 0 Å². The van der Waals surface area contributed by atoms with Crippen LogP contribution in [0.5, 0.6) is 0 Å². The monoisotopic (exact) mass is 238 g/mol. The molecule has 1 aromatic rings. The Kier molecular flexibility index (Phi) is 4.22. The number of nitrogens with one attached hydrogen (secondary N) is 1. The van der Waals surface area contributed by atoms with Crippen LogP contribution in [0, 0.1) is 12.8 Å². The molecule has 0 saturated heterocycles. The third-order valence-electron chi connectivity index (χ3n) is 3.49. The van der Waals surface area contributed by atoms with Gasteiger partial charge in [0, 0.05) is 11.4 Å². The molecule has 1 aromatic heterocycles. The fraction of sp³-hybridized carbons (Fsp3) is 0.769. The Balaban J connectivity index is 1.77. The second-order valence-corrected chi connectivity index (χ2v) is 5.80. The van der Waals surface area contributed by atoms with Crippen LogP contribution in [0.4, 0.5) is 5.13 Å². The van der Waals surface area contributed by atoms with Crippen LogP contribution >= 0.6 is 11.3 Å². The van der Waals surface area contributed by atoms with E-state index in [4.69, 9.17) is 0 Å². The van der Waals surface area contributed by atoms with Crippen molar-refractivity contribution in [3.8, 4) is 0 Å². The topological polar surface area (TPSA) is 24.9 Å². The first kappa shape index (κ1) is 11.9. The van der Waals surface area contributed by atoms with Gasteiger partial charge in [0.1, 0.15) is 0 Å². The summed E-state index contributed by atoms with van der Waals surface area (Å²) in [7, 11) is 0. The Morgan fingerprint density at radius 1 is 1.38 bits per heavy atom. The van der Waals surface area contributed by atoms with Crippen molar-refractivity contribution in [2.75, 3.05) is 5.32 Å². The fourth-order valence-corrected chi connectivity index (χ4v) is 3.36. The Labute approximate surface area is 102 Å². The zero-order valence-electron chi connectivity index (χ0n) is 10.3. The number of anilines is 1. The number of nitrogens with zero attached hydrogens (tertiary/aromatic N) is 1. The van der Waals surface area contributed by atoms with Crippen LogP contribution in [-0.4, -0.2) is 11.0 Å². The van der Waals surface area contributed by atoms with Crippen LogP contribution in [0.2, 0.25) is 0 Å². The number of hydrogen-bond donors (Lipinski definition) is 1. The Morgan fingerprint density at radius 3 is 2.69 bits per heavy atom. The van der Waals surface area contributed by atoms with Crippen molar-refractivity contribution in [1.29, 1.82) is 0 Å². The van der Waals surface area contributed by atoms with Gasteiger partial charge in [0.15, 0.2) is 5.13 Å². The van der Waals surface area contributed by atoms with Gasteiger partial charge in [0.05, 0.1) is 5.69 Å². The lowest BCUT2D eigenvalue weighted by Crippen LogP contribution is -2.25. The van der Waals surface area contributed by atoms with E-state index in [0.717, 1.165) is 16.7 Å². The summed E-state index contributed by atoms with van der Waals surface area (Å²) in [5, 5.41) is 6.80. The third-order valence-corrected chi connectivity index (χ3v) is 4.38. The molecule has 3 heteroatoms. The molecule has 2 rings (SSSR count). The quantitative estimate of drug-likeness (QED) is 0.849. The minimum absolute atomic E-state index is 0.665. The first-order valence-electron chi connectivity index (χ1n) is 6.46. The van der Waals surface area contributed by atoms with Gasteiger partial charge in [-0.05, 0) is 38.5 Å². The van der Waals surface area contributed by atoms with Crippen LogP contribution in [0.15, 0.2) is 5.38 Å². The smallest absolute Gasteiger partial charge is 0.183 e. The number of rotatable bonds is 4. The van der Waals surface area contributed by atoms with Gasteiger partial charge < -0.3 is 5.32 Å². The summed E-state index contributed by atoms with van der Waals surface area (Å²) < 4.78 is 0. The second kappa shape index (κ2) is 5.67. The minimum atomic E-state index is 0.665. The Bertz CT molecular complexity index is 313. The van der Waals surface area contributed by atoms with Crippen molar-refractivity contribution < 1.29 is 0 Å². The molecule has 1 heterocycles. The molecule has 0 amide bonds. The van der Waals surface area contributed by atoms with Gasteiger partial charge in [0.25, 0.3) is 0 Å². The molecule has 1 aliphatic rings. The molecule has 0 unspecified atom stereocenters. The van der Waals surface area contributed by atoms with E-state index in [2.05, 4.69) is 29.5 Å². The molecule has 1 aliphatic carbocycles. The summed E-state index contributed by atoms with van der Waals surface area (Å²) in [6.45, 7) is 4.35. The molecule has 2 nitrogen and oxygen atoms in total. The van der Waals surface area contributed by atoms with Gasteiger partial charge in [-0.3, -0.25) is 0 Å². The largest absolute Gasteiger partial charge is 0.359 e. The highest BCUT2D eigenvalue weighted by Gasteiger charge is 2.20. The molecular weight excluding hydrogens is 216 g/mol. The molecule has 0 bridgehead atoms. The van der Waals surface area contributed by atoms with Crippen molar-refractivity contribution in [2.24, 2.45) is 5.92 Å². The lowest BCUT2D eigenvalue weighted by molar-refractivity contribution is 0.319. The molecule has 0 spiro atoms. The van der Waals surface area contributed by atoms with Gasteiger partial charge in [-0.1, -0.05) is 19.8 Å². The molecule has 1 N–H and O–H groups in total. The highest BCUT2D eigenvalue weighted by molar-refractivity contribution is 7.13. The zero-order valence-corrected chi connectivity index (χ0v) is 11.1. The van der Waals surface area contributed by atoms with Gasteiger partial charge in [-0.25, -0.2) is 4.98 Å². The molecule has 1 saturated carbocycles. The summed E-state index contributed by atoms with van der Waals surface area (Å²) >= 11 is 1.73. The summed E-state index contributed by atoms with van der Waals surface area (Å²) in [6, 6.07) is 0.665. The van der Waals surface area contributed by atoms with E-state index in [-0.39, 0.29) is 0 Å². The average Bonchev–Trinajstić information content (AvgIpc) is 2.67. The third kappa shape index (κ3) is 3.21. The molecule has 16 heavy (non-hydrogen) atoms. The van der Waals surface area contributed by atoms with Crippen molar-refractivity contribution in [3.63, 3.8) is 0 Å². The summed E-state index contributed by atoms with van der Waals surface area (Å²) in [5.41, 5.74) is 1.13. The molecule has 90 valence electrons. The van der Waals surface area contributed by atoms with E-state index in [1.54, 1.807) is 11.3 Å². The van der Waals surface area contributed by atoms with E-state index in [1.165, 1.54) is 38.5 Å². The number of aryl methyl sites for hydroxylation is 1. The number of aromatic nitrogens is 1. The minimum Gasteiger partial charge on any atom is -0.359 e. The van der Waals surface area contributed by atoms with Crippen LogP contribution in [0.1, 0.15) is 51.1 Å². The SMILES string of the molecule is CCCC1CCC(Nc2nc(C)cs2)CC1. The zero-order chi connectivity index (χ0) is 11.4. The predicted octanol–water partition coefficient (Wildman–Crippen LogP) is 4.22. The van der Waals surface area contributed by atoms with Gasteiger partial charge in [-0.15, -0.1) is 11.3 Å². The van der Waals surface area contributed by atoms with Crippen LogP contribution in [-0.2, 0) is 0 Å². The Hall–Kier alpha value is -0.570. The second-order valence-electron chi connectivity index (χ2n) is 4.94. The number of hydrogen-bond acceptors (Lipinski definition) is 3. The van der Waals surface area contributed by atoms with Crippen molar-refractivity contribution in [1.82, 2.24) is 4.98 Å². The van der Waals surface area contributed by atoms with Crippen LogP contribution in [0.25, 0.3) is 0 Å². The fourth-order valence-electron chi connectivity index (χ4n) is 2.60. The molecule has 1 fully saturated rings. The maximum Gasteiger partial charge on any atom is 0.183 e. The van der Waals surface area contributed by atoms with Crippen molar-refractivity contribution in [3.05, 3.63) is 11.1 Å². The highest BCUT2D eigenvalue weighted by atomic mass is 32.1. The van der Waals surface area contributed by atoms with E-state index in [9.17, 15) is 0 Å². The van der Waals surface area contributed by atoms with E-state index in [1.807, 2.05) is 0 Å². The Morgan fingerprint density at radius 2 is 2.12 bits per heavy atom. The lowest BCUT2D eigenvalue weighted by atomic mass is 9.83. The highest BCUT2D eigenvalue weighted by Crippen LogP contribution is 2.30. The van der Waals surface area contributed by atoms with E-state index in [0.29, 0.717) is 6.04 Å². The average molecular weight is 238 g/mol. The first-order chi connectivity index (χ1) is 7.78. The lowest BCUT2D eigenvalue weighted by Gasteiger charge is -2.28. The first-order valence-corrected chi connectivity index (χ1v) is 7.34. The molecule has 0 aliphatic heterocycles. The van der Waals surface area contributed by atoms with Crippen LogP contribution in [0.3, 0.4) is 0 Å². The molecule has 0 aromatic carbocycles. The standard InChI is InChI=1S/C13H22N2S/c1-3-4-11-5-7-12(8-6-11)15-13-14-10(2)9-16-13/h9,11-12H,3-8H2,1-2H3,(H,14,15). The van der Waals surface area contributed by atoms with Crippen molar-refractivity contribution in [2.45, 2.75) is 58.4 Å². The van der Waals surface area contributed by atoms with Gasteiger partial charge in [-0.2, -0.15) is 0 Å². The van der Waals surface area contributed by atoms with Crippen LogP contribution < -0.4 is 5.32 Å². The molecular formula is C13H22N2S. The maximum atomic E-state index is 4.47. The molecule has 0 atom stereocenters. The van der Waals surface area contributed by atoms with Gasteiger partial charge >= 0.3 is 0 Å². The molecule has 0 radical (unpaired) electrons.